The summed E-state index contributed by atoms with van der Waals surface area (Å²) >= 11 is 0. The van der Waals surface area contributed by atoms with Crippen molar-refractivity contribution in [3.8, 4) is 0 Å². The fourth-order valence-electron chi connectivity index (χ4n) is 8.16. The van der Waals surface area contributed by atoms with Gasteiger partial charge in [0.25, 0.3) is 0 Å². The molecule has 10 aromatic carbocycles. The Bertz CT molecular complexity index is 2660. The second-order valence-corrected chi connectivity index (χ2v) is 14.6. The van der Waals surface area contributed by atoms with Gasteiger partial charge in [-0.2, -0.15) is 0 Å². The molecule has 0 spiro atoms. The van der Waals surface area contributed by atoms with Crippen LogP contribution in [0.3, 0.4) is 0 Å². The van der Waals surface area contributed by atoms with E-state index in [9.17, 15) is 0 Å². The zero-order valence-corrected chi connectivity index (χ0v) is 31.0. The van der Waals surface area contributed by atoms with Gasteiger partial charge in [-0.05, 0) is 107 Å². The van der Waals surface area contributed by atoms with Gasteiger partial charge in [-0.1, -0.05) is 194 Å². The fourth-order valence-corrected chi connectivity index (χ4v) is 8.16. The predicted octanol–water partition coefficient (Wildman–Crippen LogP) is 15.1. The van der Waals surface area contributed by atoms with Crippen molar-refractivity contribution >= 4 is 72.3 Å². The van der Waals surface area contributed by atoms with Crippen LogP contribution in [0.4, 0.5) is 17.1 Å². The Morgan fingerprint density at radius 2 is 0.589 bits per heavy atom. The highest BCUT2D eigenvalue weighted by Crippen LogP contribution is 2.38. The molecule has 10 aromatic rings. The first-order valence-electron chi connectivity index (χ1n) is 19.4. The largest absolute Gasteiger partial charge is 0.310 e. The molecule has 0 radical (unpaired) electrons. The molecule has 0 saturated heterocycles. The van der Waals surface area contributed by atoms with E-state index in [1.54, 1.807) is 0 Å². The number of benzene rings is 10. The third-order valence-electron chi connectivity index (χ3n) is 11.1. The van der Waals surface area contributed by atoms with Crippen LogP contribution in [-0.2, 0) is 0 Å². The van der Waals surface area contributed by atoms with E-state index in [-0.39, 0.29) is 5.92 Å². The van der Waals surface area contributed by atoms with Gasteiger partial charge < -0.3 is 4.90 Å². The number of rotatable bonds is 8. The Labute approximate surface area is 328 Å². The lowest BCUT2D eigenvalue weighted by atomic mass is 9.83. The average Bonchev–Trinajstić information content (AvgIpc) is 3.26. The van der Waals surface area contributed by atoms with Gasteiger partial charge in [-0.25, -0.2) is 0 Å². The Morgan fingerprint density at radius 3 is 1.02 bits per heavy atom. The molecule has 0 unspecified atom stereocenters. The highest BCUT2D eigenvalue weighted by Gasteiger charge is 2.18. The smallest absolute Gasteiger partial charge is 0.0468 e. The molecule has 0 saturated carbocycles. The van der Waals surface area contributed by atoms with E-state index in [1.165, 1.54) is 65.3 Å². The van der Waals surface area contributed by atoms with Crippen molar-refractivity contribution in [3.05, 3.63) is 246 Å². The molecule has 0 aliphatic rings. The third kappa shape index (κ3) is 6.61. The van der Waals surface area contributed by atoms with Gasteiger partial charge in [0, 0.05) is 23.0 Å². The van der Waals surface area contributed by atoms with E-state index in [1.807, 2.05) is 0 Å². The summed E-state index contributed by atoms with van der Waals surface area (Å²) < 4.78 is 0. The van der Waals surface area contributed by atoms with Crippen LogP contribution in [0.2, 0.25) is 0 Å². The summed E-state index contributed by atoms with van der Waals surface area (Å²) in [6.45, 7) is 0. The van der Waals surface area contributed by atoms with Crippen LogP contribution in [0.25, 0.3) is 55.2 Å². The van der Waals surface area contributed by atoms with Crippen LogP contribution in [-0.4, -0.2) is 0 Å². The molecule has 0 aliphatic heterocycles. The summed E-state index contributed by atoms with van der Waals surface area (Å²) in [7, 11) is 0. The van der Waals surface area contributed by atoms with Crippen LogP contribution in [0.1, 0.15) is 33.7 Å². The number of anilines is 3. The van der Waals surface area contributed by atoms with Crippen LogP contribution in [0, 0.1) is 0 Å². The van der Waals surface area contributed by atoms with Crippen molar-refractivity contribution in [2.75, 3.05) is 4.90 Å². The van der Waals surface area contributed by atoms with E-state index < -0.39 is 0 Å². The van der Waals surface area contributed by atoms with Crippen LogP contribution in [0.5, 0.6) is 0 Å². The second-order valence-electron chi connectivity index (χ2n) is 14.6. The summed E-state index contributed by atoms with van der Waals surface area (Å²) in [6.07, 6.45) is 4.42. The maximum atomic E-state index is 2.35. The lowest BCUT2D eigenvalue weighted by Gasteiger charge is -2.26. The molecule has 1 heteroatoms. The third-order valence-corrected chi connectivity index (χ3v) is 11.1. The van der Waals surface area contributed by atoms with E-state index in [4.69, 9.17) is 0 Å². The molecule has 10 rings (SSSR count). The molecule has 0 atom stereocenters. The Kier molecular flexibility index (Phi) is 8.67. The minimum atomic E-state index is 0.114. The molecule has 0 bridgehead atoms. The van der Waals surface area contributed by atoms with Crippen molar-refractivity contribution in [2.24, 2.45) is 0 Å². The van der Waals surface area contributed by atoms with Gasteiger partial charge in [0.2, 0.25) is 0 Å². The zero-order chi connectivity index (χ0) is 37.3. The number of fused-ring (bicyclic) bond motifs is 4. The van der Waals surface area contributed by atoms with Gasteiger partial charge in [0.1, 0.15) is 0 Å². The molecule has 0 aliphatic carbocycles. The summed E-state index contributed by atoms with van der Waals surface area (Å²) in [4.78, 5) is 2.35. The number of nitrogens with zero attached hydrogens (tertiary/aromatic N) is 1. The van der Waals surface area contributed by atoms with Crippen LogP contribution in [0.15, 0.2) is 218 Å². The quantitative estimate of drug-likeness (QED) is 0.112. The normalized spacial score (nSPS) is 11.7. The molecule has 0 heterocycles. The first kappa shape index (κ1) is 33.4. The lowest BCUT2D eigenvalue weighted by molar-refractivity contribution is 0.983. The molecule has 0 aromatic heterocycles. The lowest BCUT2D eigenvalue weighted by Crippen LogP contribution is -2.09. The minimum Gasteiger partial charge on any atom is -0.310 e. The first-order valence-corrected chi connectivity index (χ1v) is 19.4. The minimum absolute atomic E-state index is 0.114. The highest BCUT2D eigenvalue weighted by molar-refractivity contribution is 5.93. The zero-order valence-electron chi connectivity index (χ0n) is 31.0. The highest BCUT2D eigenvalue weighted by atomic mass is 15.1. The summed E-state index contributed by atoms with van der Waals surface area (Å²) in [5.74, 6) is 0.114. The fraction of sp³-hybridized carbons (Fsp3) is 0.0182. The summed E-state index contributed by atoms with van der Waals surface area (Å²) in [5.41, 5.74) is 9.57. The van der Waals surface area contributed by atoms with Crippen LogP contribution >= 0.6 is 0 Å². The van der Waals surface area contributed by atoms with Crippen molar-refractivity contribution in [3.63, 3.8) is 0 Å². The van der Waals surface area contributed by atoms with E-state index in [0.717, 1.165) is 22.6 Å². The molecule has 1 nitrogen and oxygen atoms in total. The maximum Gasteiger partial charge on any atom is 0.0468 e. The molecule has 0 fully saturated rings. The molecule has 0 amide bonds. The molecular weight excluding hydrogens is 675 g/mol. The van der Waals surface area contributed by atoms with Crippen molar-refractivity contribution in [1.29, 1.82) is 0 Å². The average molecular weight is 714 g/mol. The number of hydrogen-bond donors (Lipinski definition) is 0. The maximum absolute atomic E-state index is 2.35. The van der Waals surface area contributed by atoms with Crippen molar-refractivity contribution < 1.29 is 0 Å². The van der Waals surface area contributed by atoms with Gasteiger partial charge in [0.15, 0.2) is 0 Å². The SMILES string of the molecule is C(=C\c1ccc(N(c2ccc3ccccc3c2)c2ccc3ccccc3c2)cc1)/c1ccc(C(c2ccc3ccccc3c2)c2ccc3ccccc3c2)cc1. The summed E-state index contributed by atoms with van der Waals surface area (Å²) in [5, 5.41) is 9.97. The van der Waals surface area contributed by atoms with E-state index in [2.05, 4.69) is 235 Å². The predicted molar refractivity (Wildman–Crippen MR) is 240 cm³/mol. The summed E-state index contributed by atoms with van der Waals surface area (Å²) in [6, 6.07) is 79.6. The van der Waals surface area contributed by atoms with Gasteiger partial charge in [-0.3, -0.25) is 0 Å². The van der Waals surface area contributed by atoms with E-state index in [0.29, 0.717) is 0 Å². The second kappa shape index (κ2) is 14.5. The molecular formula is C55H39N. The van der Waals surface area contributed by atoms with Gasteiger partial charge >= 0.3 is 0 Å². The Morgan fingerprint density at radius 1 is 0.268 bits per heavy atom. The monoisotopic (exact) mass is 713 g/mol. The van der Waals surface area contributed by atoms with Crippen LogP contribution < -0.4 is 4.90 Å². The van der Waals surface area contributed by atoms with Gasteiger partial charge in [0.05, 0.1) is 0 Å². The van der Waals surface area contributed by atoms with Crippen molar-refractivity contribution in [2.45, 2.75) is 5.92 Å². The molecule has 264 valence electrons. The first-order chi connectivity index (χ1) is 27.7. The Hall–Kier alpha value is -7.22. The molecule has 0 N–H and O–H groups in total. The Balaban J connectivity index is 0.953. The molecule has 56 heavy (non-hydrogen) atoms. The van der Waals surface area contributed by atoms with Gasteiger partial charge in [-0.15, -0.1) is 0 Å². The van der Waals surface area contributed by atoms with Crippen molar-refractivity contribution in [1.82, 2.24) is 0 Å². The number of hydrogen-bond acceptors (Lipinski definition) is 1. The topological polar surface area (TPSA) is 3.24 Å². The standard InChI is InChI=1S/C55H39N/c1-5-13-46-35-50(27-25-41(46)9-1)55(51-28-26-42-10-2-6-14-47(42)36-51)45-23-19-39(20-24-45)17-18-40-21-31-52(32-22-40)56(53-33-29-43-11-3-7-15-48(43)37-53)54-34-30-44-12-4-8-16-49(44)38-54/h1-38,55H/b18-17+. The van der Waals surface area contributed by atoms with E-state index >= 15 is 0 Å².